The Hall–Kier alpha value is -2.26. The van der Waals surface area contributed by atoms with Crippen molar-refractivity contribution >= 4 is 62.8 Å². The molecule has 0 spiro atoms. The molecule has 0 aliphatic heterocycles. The van der Waals surface area contributed by atoms with E-state index in [1.165, 1.54) is 18.4 Å². The number of nitrogens with one attached hydrogen (secondary N) is 1. The van der Waals surface area contributed by atoms with Crippen LogP contribution in [-0.4, -0.2) is 33.9 Å². The minimum atomic E-state index is -2.82. The number of benzene rings is 2. The third-order valence-corrected chi connectivity index (χ3v) is 13.0. The number of ether oxygens (including phenoxy) is 1. The molecule has 0 unspecified atom stereocenters. The van der Waals surface area contributed by atoms with Crippen LogP contribution in [0, 0.1) is 6.92 Å². The molecular weight excluding hydrogens is 518 g/mol. The van der Waals surface area contributed by atoms with E-state index in [1.807, 2.05) is 36.4 Å². The number of rotatable bonds is 7. The van der Waals surface area contributed by atoms with E-state index in [0.29, 0.717) is 14.4 Å². The van der Waals surface area contributed by atoms with Crippen molar-refractivity contribution in [3.63, 3.8) is 0 Å². The average molecular weight is 547 g/mol. The fraction of sp³-hybridized carbons (Fsp3) is 0.280. The molecule has 0 saturated carbocycles. The smallest absolute Gasteiger partial charge is 0.348 e. The second kappa shape index (κ2) is 10.3. The quantitative estimate of drug-likeness (QED) is 0.330. The molecule has 3 aromatic rings. The van der Waals surface area contributed by atoms with Gasteiger partial charge in [-0.15, -0.1) is 11.3 Å². The summed E-state index contributed by atoms with van der Waals surface area (Å²) in [6, 6.07) is 20.4. The van der Waals surface area contributed by atoms with Crippen molar-refractivity contribution in [2.45, 2.75) is 32.7 Å². The molecule has 1 N–H and O–H groups in total. The number of carbonyl (C=O) groups is 2. The Morgan fingerprint density at radius 3 is 1.97 bits per heavy atom. The maximum atomic E-state index is 13.0. The van der Waals surface area contributed by atoms with Gasteiger partial charge in [0.1, 0.15) is 16.5 Å². The molecule has 1 aromatic heterocycles. The molecule has 0 radical (unpaired) electrons. The lowest BCUT2D eigenvalue weighted by molar-refractivity contribution is -0.118. The standard InChI is InChI=1S/C25H28BrNO4SSi/c1-17-21(26)23(32-22(17)24(29)30-5)27-20(28)16-31-33(25(2,3)4,18-12-8-6-9-13-18)19-14-10-7-11-15-19/h6-15H,16H2,1-5H3,(H,27,28). The number of halogens is 1. The van der Waals surface area contributed by atoms with Crippen LogP contribution in [0.4, 0.5) is 5.00 Å². The second-order valence-electron chi connectivity index (χ2n) is 8.69. The summed E-state index contributed by atoms with van der Waals surface area (Å²) in [5.74, 6) is -0.705. The zero-order valence-electron chi connectivity index (χ0n) is 19.4. The van der Waals surface area contributed by atoms with Gasteiger partial charge in [0.2, 0.25) is 5.91 Å². The van der Waals surface area contributed by atoms with Gasteiger partial charge in [0, 0.05) is 0 Å². The highest BCUT2D eigenvalue weighted by atomic mass is 79.9. The summed E-state index contributed by atoms with van der Waals surface area (Å²) in [6.07, 6.45) is 0. The fourth-order valence-corrected chi connectivity index (χ4v) is 10.2. The van der Waals surface area contributed by atoms with Crippen molar-refractivity contribution in [3.8, 4) is 0 Å². The Morgan fingerprint density at radius 2 is 1.52 bits per heavy atom. The van der Waals surface area contributed by atoms with Gasteiger partial charge in [-0.05, 0) is 43.8 Å². The minimum Gasteiger partial charge on any atom is -0.465 e. The first-order chi connectivity index (χ1) is 15.6. The van der Waals surface area contributed by atoms with E-state index in [1.54, 1.807) is 6.92 Å². The highest BCUT2D eigenvalue weighted by Gasteiger charge is 2.50. The van der Waals surface area contributed by atoms with Crippen molar-refractivity contribution in [2.24, 2.45) is 0 Å². The van der Waals surface area contributed by atoms with Crippen LogP contribution < -0.4 is 15.7 Å². The SMILES string of the molecule is COC(=O)c1sc(NC(=O)CO[Si](c2ccccc2)(c2ccccc2)C(C)(C)C)c(Br)c1C. The third kappa shape index (κ3) is 5.14. The summed E-state index contributed by atoms with van der Waals surface area (Å²) in [6.45, 7) is 8.20. The molecule has 174 valence electrons. The number of amides is 1. The molecule has 1 amide bonds. The van der Waals surface area contributed by atoms with Gasteiger partial charge in [-0.2, -0.15) is 0 Å². The summed E-state index contributed by atoms with van der Waals surface area (Å²) in [5.41, 5.74) is 0.732. The molecule has 3 rings (SSSR count). The Kier molecular flexibility index (Phi) is 7.95. The summed E-state index contributed by atoms with van der Waals surface area (Å²) in [7, 11) is -1.48. The van der Waals surface area contributed by atoms with Crippen molar-refractivity contribution in [1.82, 2.24) is 0 Å². The Morgan fingerprint density at radius 1 is 1.00 bits per heavy atom. The molecule has 5 nitrogen and oxygen atoms in total. The van der Waals surface area contributed by atoms with E-state index in [0.717, 1.165) is 15.9 Å². The summed E-state index contributed by atoms with van der Waals surface area (Å²) >= 11 is 4.66. The topological polar surface area (TPSA) is 64.6 Å². The van der Waals surface area contributed by atoms with Crippen LogP contribution in [0.15, 0.2) is 65.1 Å². The molecule has 0 aliphatic carbocycles. The lowest BCUT2D eigenvalue weighted by atomic mass is 10.2. The van der Waals surface area contributed by atoms with Crippen molar-refractivity contribution in [1.29, 1.82) is 0 Å². The van der Waals surface area contributed by atoms with Gasteiger partial charge in [0.25, 0.3) is 8.32 Å². The van der Waals surface area contributed by atoms with Gasteiger partial charge < -0.3 is 14.5 Å². The molecule has 0 fully saturated rings. The summed E-state index contributed by atoms with van der Waals surface area (Å²) in [4.78, 5) is 25.5. The summed E-state index contributed by atoms with van der Waals surface area (Å²) < 4.78 is 12.2. The predicted molar refractivity (Wildman–Crippen MR) is 140 cm³/mol. The Bertz CT molecular complexity index is 1090. The molecule has 0 aliphatic rings. The lowest BCUT2D eigenvalue weighted by Crippen LogP contribution is -2.67. The second-order valence-corrected chi connectivity index (χ2v) is 14.8. The normalized spacial score (nSPS) is 11.8. The largest absolute Gasteiger partial charge is 0.465 e. The molecule has 0 atom stereocenters. The van der Waals surface area contributed by atoms with E-state index in [9.17, 15) is 9.59 Å². The van der Waals surface area contributed by atoms with Crippen LogP contribution in [0.2, 0.25) is 5.04 Å². The first kappa shape index (κ1) is 25.4. The van der Waals surface area contributed by atoms with E-state index < -0.39 is 14.3 Å². The maximum absolute atomic E-state index is 13.0. The predicted octanol–water partition coefficient (Wildman–Crippen LogP) is 5.12. The van der Waals surface area contributed by atoms with Gasteiger partial charge in [-0.3, -0.25) is 4.79 Å². The monoisotopic (exact) mass is 545 g/mol. The Balaban J connectivity index is 1.93. The van der Waals surface area contributed by atoms with Crippen LogP contribution in [0.25, 0.3) is 0 Å². The first-order valence-corrected chi connectivity index (χ1v) is 14.1. The zero-order valence-corrected chi connectivity index (χ0v) is 22.8. The minimum absolute atomic E-state index is 0.107. The van der Waals surface area contributed by atoms with Gasteiger partial charge in [0.05, 0.1) is 11.6 Å². The lowest BCUT2D eigenvalue weighted by Gasteiger charge is -2.42. The Labute approximate surface area is 208 Å². The van der Waals surface area contributed by atoms with Gasteiger partial charge in [-0.25, -0.2) is 4.79 Å². The number of carbonyl (C=O) groups excluding carboxylic acids is 2. The number of methoxy groups -OCH3 is 1. The molecule has 1 heterocycles. The van der Waals surface area contributed by atoms with Crippen LogP contribution in [0.5, 0.6) is 0 Å². The third-order valence-electron chi connectivity index (χ3n) is 5.53. The van der Waals surface area contributed by atoms with Crippen molar-refractivity contribution in [2.75, 3.05) is 19.0 Å². The van der Waals surface area contributed by atoms with Crippen LogP contribution in [0.3, 0.4) is 0 Å². The summed E-state index contributed by atoms with van der Waals surface area (Å²) in [5, 5.41) is 5.45. The van der Waals surface area contributed by atoms with Gasteiger partial charge in [-0.1, -0.05) is 81.4 Å². The molecule has 8 heteroatoms. The average Bonchev–Trinajstić information content (AvgIpc) is 3.08. The zero-order chi connectivity index (χ0) is 24.2. The fourth-order valence-electron chi connectivity index (χ4n) is 3.96. The highest BCUT2D eigenvalue weighted by Crippen LogP contribution is 2.39. The highest BCUT2D eigenvalue weighted by molar-refractivity contribution is 9.10. The van der Waals surface area contributed by atoms with E-state index in [-0.39, 0.29) is 17.6 Å². The van der Waals surface area contributed by atoms with Crippen LogP contribution >= 0.6 is 27.3 Å². The van der Waals surface area contributed by atoms with Crippen molar-refractivity contribution in [3.05, 3.63) is 75.6 Å². The number of esters is 1. The number of anilines is 1. The molecule has 33 heavy (non-hydrogen) atoms. The van der Waals surface area contributed by atoms with Crippen molar-refractivity contribution < 1.29 is 18.8 Å². The molecule has 0 bridgehead atoms. The molecule has 2 aromatic carbocycles. The molecular formula is C25H28BrNO4SSi. The van der Waals surface area contributed by atoms with E-state index >= 15 is 0 Å². The number of hydrogen-bond acceptors (Lipinski definition) is 5. The van der Waals surface area contributed by atoms with Crippen LogP contribution in [0.1, 0.15) is 36.0 Å². The van der Waals surface area contributed by atoms with Crippen LogP contribution in [-0.2, 0) is 14.0 Å². The van der Waals surface area contributed by atoms with E-state index in [2.05, 4.69) is 66.3 Å². The number of thiophene rings is 1. The van der Waals surface area contributed by atoms with E-state index in [4.69, 9.17) is 9.16 Å². The first-order valence-electron chi connectivity index (χ1n) is 10.5. The number of hydrogen-bond donors (Lipinski definition) is 1. The van der Waals surface area contributed by atoms with Gasteiger partial charge >= 0.3 is 5.97 Å². The van der Waals surface area contributed by atoms with Gasteiger partial charge in [0.15, 0.2) is 0 Å². The molecule has 0 saturated heterocycles. The maximum Gasteiger partial charge on any atom is 0.348 e.